The summed E-state index contributed by atoms with van der Waals surface area (Å²) in [6, 6.07) is 9.26. The molecule has 0 radical (unpaired) electrons. The third-order valence-corrected chi connectivity index (χ3v) is 4.87. The lowest BCUT2D eigenvalue weighted by molar-refractivity contribution is -0.119. The van der Waals surface area contributed by atoms with Crippen LogP contribution in [0.25, 0.3) is 0 Å². The van der Waals surface area contributed by atoms with E-state index >= 15 is 0 Å². The van der Waals surface area contributed by atoms with Gasteiger partial charge in [0.15, 0.2) is 16.4 Å². The third kappa shape index (κ3) is 5.31. The first-order valence-corrected chi connectivity index (χ1v) is 9.88. The average Bonchev–Trinajstić information content (AvgIpc) is 2.51. The van der Waals surface area contributed by atoms with Gasteiger partial charge < -0.3 is 10.1 Å². The number of aryl methyl sites for hydroxylation is 2. The molecule has 0 unspecified atom stereocenters. The molecule has 0 bridgehead atoms. The lowest BCUT2D eigenvalue weighted by Gasteiger charge is -2.09. The molecule has 0 atom stereocenters. The highest BCUT2D eigenvalue weighted by Gasteiger charge is 2.17. The van der Waals surface area contributed by atoms with Gasteiger partial charge in [-0.2, -0.15) is 0 Å². The summed E-state index contributed by atoms with van der Waals surface area (Å²) in [5.41, 5.74) is 2.46. The van der Waals surface area contributed by atoms with Gasteiger partial charge in [0.05, 0.1) is 15.5 Å². The van der Waals surface area contributed by atoms with Gasteiger partial charge >= 0.3 is 5.97 Å². The van der Waals surface area contributed by atoms with Crippen LogP contribution in [0.15, 0.2) is 41.3 Å². The SMILES string of the molecule is Cc1cc(C)cc(NC(=O)COC(=O)c2cc(S(C)(=O)=O)ccc2Cl)c1. The molecule has 0 saturated heterocycles. The van der Waals surface area contributed by atoms with Gasteiger partial charge in [-0.3, -0.25) is 4.79 Å². The first-order chi connectivity index (χ1) is 12.1. The molecule has 8 heteroatoms. The first-order valence-electron chi connectivity index (χ1n) is 7.61. The summed E-state index contributed by atoms with van der Waals surface area (Å²) in [6.07, 6.45) is 1.02. The van der Waals surface area contributed by atoms with Crippen molar-refractivity contribution in [2.75, 3.05) is 18.2 Å². The number of amides is 1. The van der Waals surface area contributed by atoms with Crippen molar-refractivity contribution in [1.82, 2.24) is 0 Å². The molecule has 1 N–H and O–H groups in total. The van der Waals surface area contributed by atoms with E-state index in [4.69, 9.17) is 16.3 Å². The van der Waals surface area contributed by atoms with Gasteiger partial charge in [-0.1, -0.05) is 17.7 Å². The van der Waals surface area contributed by atoms with Gasteiger partial charge in [-0.05, 0) is 55.3 Å². The van der Waals surface area contributed by atoms with Crippen molar-refractivity contribution in [3.8, 4) is 0 Å². The van der Waals surface area contributed by atoms with E-state index in [0.717, 1.165) is 23.4 Å². The van der Waals surface area contributed by atoms with Crippen LogP contribution in [0, 0.1) is 13.8 Å². The molecule has 2 aromatic rings. The Hall–Kier alpha value is -2.38. The van der Waals surface area contributed by atoms with Gasteiger partial charge in [0, 0.05) is 11.9 Å². The van der Waals surface area contributed by atoms with E-state index in [1.54, 1.807) is 12.1 Å². The van der Waals surface area contributed by atoms with Crippen LogP contribution in [0.2, 0.25) is 5.02 Å². The van der Waals surface area contributed by atoms with Gasteiger partial charge in [0.25, 0.3) is 5.91 Å². The number of carbonyl (C=O) groups is 2. The Bertz CT molecular complexity index is 949. The lowest BCUT2D eigenvalue weighted by atomic mass is 10.1. The lowest BCUT2D eigenvalue weighted by Crippen LogP contribution is -2.21. The zero-order valence-corrected chi connectivity index (χ0v) is 16.1. The number of anilines is 1. The van der Waals surface area contributed by atoms with Crippen molar-refractivity contribution in [2.45, 2.75) is 18.7 Å². The van der Waals surface area contributed by atoms with E-state index in [9.17, 15) is 18.0 Å². The smallest absolute Gasteiger partial charge is 0.340 e. The van der Waals surface area contributed by atoms with Crippen LogP contribution in [0.4, 0.5) is 5.69 Å². The molecule has 2 rings (SSSR count). The zero-order chi connectivity index (χ0) is 19.5. The number of carbonyl (C=O) groups excluding carboxylic acids is 2. The summed E-state index contributed by atoms with van der Waals surface area (Å²) in [5, 5.41) is 2.67. The zero-order valence-electron chi connectivity index (χ0n) is 14.5. The monoisotopic (exact) mass is 395 g/mol. The van der Waals surface area contributed by atoms with Crippen molar-refractivity contribution in [1.29, 1.82) is 0 Å². The number of benzene rings is 2. The van der Waals surface area contributed by atoms with Gasteiger partial charge in [0.2, 0.25) is 0 Å². The summed E-state index contributed by atoms with van der Waals surface area (Å²) in [5.74, 6) is -1.39. The minimum atomic E-state index is -3.50. The topological polar surface area (TPSA) is 89.5 Å². The summed E-state index contributed by atoms with van der Waals surface area (Å²) in [7, 11) is -3.50. The predicted molar refractivity (Wildman–Crippen MR) is 99.4 cm³/mol. The molecular weight excluding hydrogens is 378 g/mol. The quantitative estimate of drug-likeness (QED) is 0.785. The summed E-state index contributed by atoms with van der Waals surface area (Å²) >= 11 is 5.92. The molecule has 1 amide bonds. The third-order valence-electron chi connectivity index (χ3n) is 3.43. The average molecular weight is 396 g/mol. The van der Waals surface area contributed by atoms with Crippen LogP contribution in [0.1, 0.15) is 21.5 Å². The van der Waals surface area contributed by atoms with E-state index in [2.05, 4.69) is 5.32 Å². The maximum absolute atomic E-state index is 12.1. The molecule has 0 saturated carbocycles. The normalized spacial score (nSPS) is 11.1. The molecule has 6 nitrogen and oxygen atoms in total. The molecule has 0 aliphatic heterocycles. The molecule has 0 aromatic heterocycles. The fourth-order valence-electron chi connectivity index (χ4n) is 2.34. The fraction of sp³-hybridized carbons (Fsp3) is 0.222. The Kier molecular flexibility index (Phi) is 6.05. The van der Waals surface area contributed by atoms with Gasteiger partial charge in [0.1, 0.15) is 0 Å². The highest BCUT2D eigenvalue weighted by molar-refractivity contribution is 7.90. The van der Waals surface area contributed by atoms with E-state index in [1.165, 1.54) is 12.1 Å². The van der Waals surface area contributed by atoms with Gasteiger partial charge in [-0.25, -0.2) is 13.2 Å². The van der Waals surface area contributed by atoms with E-state index in [1.807, 2.05) is 19.9 Å². The van der Waals surface area contributed by atoms with Crippen molar-refractivity contribution in [2.24, 2.45) is 0 Å². The highest BCUT2D eigenvalue weighted by Crippen LogP contribution is 2.21. The Labute approximate surface area is 157 Å². The highest BCUT2D eigenvalue weighted by atomic mass is 35.5. The second-order valence-electron chi connectivity index (χ2n) is 5.91. The Balaban J connectivity index is 2.05. The fourth-order valence-corrected chi connectivity index (χ4v) is 3.19. The second-order valence-corrected chi connectivity index (χ2v) is 8.34. The molecule has 0 spiro atoms. The van der Waals surface area contributed by atoms with Crippen LogP contribution in [0.5, 0.6) is 0 Å². The molecule has 138 valence electrons. The van der Waals surface area contributed by atoms with Crippen LogP contribution in [-0.2, 0) is 19.4 Å². The maximum Gasteiger partial charge on any atom is 0.340 e. The van der Waals surface area contributed by atoms with Crippen LogP contribution in [0.3, 0.4) is 0 Å². The van der Waals surface area contributed by atoms with E-state index < -0.39 is 28.3 Å². The maximum atomic E-state index is 12.1. The second kappa shape index (κ2) is 7.88. The molecule has 0 aliphatic carbocycles. The number of hydrogen-bond acceptors (Lipinski definition) is 5. The van der Waals surface area contributed by atoms with Crippen molar-refractivity contribution in [3.05, 3.63) is 58.1 Å². The minimum Gasteiger partial charge on any atom is -0.452 e. The van der Waals surface area contributed by atoms with Crippen molar-refractivity contribution < 1.29 is 22.7 Å². The standard InChI is InChI=1S/C18H18ClNO5S/c1-11-6-12(2)8-13(7-11)20-17(21)10-25-18(22)15-9-14(26(3,23)24)4-5-16(15)19/h4-9H,10H2,1-3H3,(H,20,21). The van der Waals surface area contributed by atoms with Crippen LogP contribution < -0.4 is 5.32 Å². The number of hydrogen-bond donors (Lipinski definition) is 1. The van der Waals surface area contributed by atoms with Crippen LogP contribution >= 0.6 is 11.6 Å². The Morgan fingerprint density at radius 1 is 1.08 bits per heavy atom. The molecule has 2 aromatic carbocycles. The summed E-state index contributed by atoms with van der Waals surface area (Å²) in [4.78, 5) is 24.0. The number of ether oxygens (including phenoxy) is 1. The summed E-state index contributed by atoms with van der Waals surface area (Å²) in [6.45, 7) is 3.28. The van der Waals surface area contributed by atoms with Crippen molar-refractivity contribution in [3.63, 3.8) is 0 Å². The first kappa shape index (κ1) is 19.9. The molecule has 0 aliphatic rings. The predicted octanol–water partition coefficient (Wildman–Crippen LogP) is 3.16. The summed E-state index contributed by atoms with van der Waals surface area (Å²) < 4.78 is 28.1. The Morgan fingerprint density at radius 3 is 2.27 bits per heavy atom. The molecule has 0 fully saturated rings. The van der Waals surface area contributed by atoms with Crippen LogP contribution in [-0.4, -0.2) is 33.2 Å². The number of halogens is 1. The largest absolute Gasteiger partial charge is 0.452 e. The molecule has 0 heterocycles. The number of rotatable bonds is 5. The number of nitrogens with one attached hydrogen (secondary N) is 1. The van der Waals surface area contributed by atoms with E-state index in [0.29, 0.717) is 5.69 Å². The Morgan fingerprint density at radius 2 is 1.69 bits per heavy atom. The number of sulfone groups is 1. The van der Waals surface area contributed by atoms with Crippen molar-refractivity contribution >= 4 is 39.0 Å². The van der Waals surface area contributed by atoms with E-state index in [-0.39, 0.29) is 15.5 Å². The molecule has 26 heavy (non-hydrogen) atoms. The molecular formula is C18H18ClNO5S. The minimum absolute atomic E-state index is 0.0390. The number of esters is 1. The van der Waals surface area contributed by atoms with Gasteiger partial charge in [-0.15, -0.1) is 0 Å².